The maximum atomic E-state index is 12.6. The highest BCUT2D eigenvalue weighted by Gasteiger charge is 2.24. The van der Waals surface area contributed by atoms with Crippen molar-refractivity contribution in [1.82, 2.24) is 5.32 Å². The molecule has 2 aromatic rings. The summed E-state index contributed by atoms with van der Waals surface area (Å²) in [6, 6.07) is 13.8. The SMILES string of the molecule is CCOc1ccc(NC(=O)C(NC(=O)c2ccc(C)cc2)C(C)C)cc1. The van der Waals surface area contributed by atoms with E-state index >= 15 is 0 Å². The largest absolute Gasteiger partial charge is 0.494 e. The lowest BCUT2D eigenvalue weighted by molar-refractivity contribution is -0.118. The van der Waals surface area contributed by atoms with Gasteiger partial charge in [-0.15, -0.1) is 0 Å². The van der Waals surface area contributed by atoms with Gasteiger partial charge in [0.15, 0.2) is 0 Å². The van der Waals surface area contributed by atoms with E-state index in [-0.39, 0.29) is 17.7 Å². The highest BCUT2D eigenvalue weighted by atomic mass is 16.5. The number of carbonyl (C=O) groups excluding carboxylic acids is 2. The summed E-state index contributed by atoms with van der Waals surface area (Å²) in [6.45, 7) is 8.27. The van der Waals surface area contributed by atoms with Gasteiger partial charge in [0.05, 0.1) is 6.61 Å². The predicted molar refractivity (Wildman–Crippen MR) is 104 cm³/mol. The summed E-state index contributed by atoms with van der Waals surface area (Å²) in [5.41, 5.74) is 2.28. The van der Waals surface area contributed by atoms with E-state index in [9.17, 15) is 9.59 Å². The highest BCUT2D eigenvalue weighted by molar-refractivity contribution is 6.01. The second kappa shape index (κ2) is 9.04. The maximum absolute atomic E-state index is 12.6. The molecule has 2 N–H and O–H groups in total. The molecule has 138 valence electrons. The summed E-state index contributed by atoms with van der Waals surface area (Å²) >= 11 is 0. The van der Waals surface area contributed by atoms with Crippen LogP contribution < -0.4 is 15.4 Å². The standard InChI is InChI=1S/C21H26N2O3/c1-5-26-18-12-10-17(11-13-18)22-21(25)19(14(2)3)23-20(24)16-8-6-15(4)7-9-16/h6-14,19H,5H2,1-4H3,(H,22,25)(H,23,24). The summed E-state index contributed by atoms with van der Waals surface area (Å²) in [5.74, 6) is 0.195. The summed E-state index contributed by atoms with van der Waals surface area (Å²) < 4.78 is 5.39. The molecule has 2 aromatic carbocycles. The van der Waals surface area contributed by atoms with Gasteiger partial charge in [-0.2, -0.15) is 0 Å². The van der Waals surface area contributed by atoms with Gasteiger partial charge in [-0.25, -0.2) is 0 Å². The maximum Gasteiger partial charge on any atom is 0.251 e. The molecule has 26 heavy (non-hydrogen) atoms. The predicted octanol–water partition coefficient (Wildman–Crippen LogP) is 3.79. The van der Waals surface area contributed by atoms with Crippen LogP contribution in [-0.4, -0.2) is 24.5 Å². The number of benzene rings is 2. The van der Waals surface area contributed by atoms with Crippen LogP contribution >= 0.6 is 0 Å². The molecule has 5 heteroatoms. The Bertz CT molecular complexity index is 737. The second-order valence-corrected chi connectivity index (χ2v) is 6.51. The first kappa shape index (κ1) is 19.5. The number of anilines is 1. The first-order valence-electron chi connectivity index (χ1n) is 8.82. The quantitative estimate of drug-likeness (QED) is 0.795. The van der Waals surface area contributed by atoms with Gasteiger partial charge < -0.3 is 15.4 Å². The average molecular weight is 354 g/mol. The van der Waals surface area contributed by atoms with Crippen molar-refractivity contribution in [3.05, 3.63) is 59.7 Å². The molecule has 2 amide bonds. The number of hydrogen-bond acceptors (Lipinski definition) is 3. The minimum absolute atomic E-state index is 0.0490. The smallest absolute Gasteiger partial charge is 0.251 e. The number of nitrogens with one attached hydrogen (secondary N) is 2. The van der Waals surface area contributed by atoms with Gasteiger partial charge in [-0.1, -0.05) is 31.5 Å². The molecular weight excluding hydrogens is 328 g/mol. The Labute approximate surface area is 154 Å². The molecule has 2 rings (SSSR count). The molecule has 0 aliphatic heterocycles. The van der Waals surface area contributed by atoms with Crippen LogP contribution in [0.3, 0.4) is 0 Å². The van der Waals surface area contributed by atoms with Crippen molar-refractivity contribution in [2.24, 2.45) is 5.92 Å². The Kier molecular flexibility index (Phi) is 6.78. The average Bonchev–Trinajstić information content (AvgIpc) is 2.61. The fourth-order valence-electron chi connectivity index (χ4n) is 2.49. The number of ether oxygens (including phenoxy) is 1. The van der Waals surface area contributed by atoms with Gasteiger partial charge in [0.2, 0.25) is 5.91 Å². The third kappa shape index (κ3) is 5.34. The molecule has 0 aliphatic rings. The molecule has 0 saturated heterocycles. The van der Waals surface area contributed by atoms with E-state index in [4.69, 9.17) is 4.74 Å². The Morgan fingerprint density at radius 3 is 2.15 bits per heavy atom. The van der Waals surface area contributed by atoms with E-state index in [1.165, 1.54) is 0 Å². The fourth-order valence-corrected chi connectivity index (χ4v) is 2.49. The number of aryl methyl sites for hydroxylation is 1. The Morgan fingerprint density at radius 2 is 1.62 bits per heavy atom. The van der Waals surface area contributed by atoms with Crippen LogP contribution in [0.25, 0.3) is 0 Å². The number of amides is 2. The molecule has 1 unspecified atom stereocenters. The van der Waals surface area contributed by atoms with Gasteiger partial charge in [0.1, 0.15) is 11.8 Å². The molecule has 5 nitrogen and oxygen atoms in total. The zero-order chi connectivity index (χ0) is 19.1. The molecule has 0 fully saturated rings. The summed E-state index contributed by atoms with van der Waals surface area (Å²) in [7, 11) is 0. The summed E-state index contributed by atoms with van der Waals surface area (Å²) in [4.78, 5) is 25.1. The normalized spacial score (nSPS) is 11.7. The number of hydrogen-bond donors (Lipinski definition) is 2. The van der Waals surface area contributed by atoms with Crippen LogP contribution in [0.15, 0.2) is 48.5 Å². The molecule has 0 bridgehead atoms. The van der Waals surface area contributed by atoms with Crippen molar-refractivity contribution in [3.63, 3.8) is 0 Å². The summed E-state index contributed by atoms with van der Waals surface area (Å²) in [5, 5.41) is 5.68. The zero-order valence-corrected chi connectivity index (χ0v) is 15.7. The van der Waals surface area contributed by atoms with Gasteiger partial charge in [0, 0.05) is 11.3 Å². The minimum atomic E-state index is -0.629. The van der Waals surface area contributed by atoms with E-state index in [2.05, 4.69) is 10.6 Å². The van der Waals surface area contributed by atoms with Crippen molar-refractivity contribution in [3.8, 4) is 5.75 Å². The van der Waals surface area contributed by atoms with E-state index in [0.29, 0.717) is 17.9 Å². The molecule has 0 radical (unpaired) electrons. The lowest BCUT2D eigenvalue weighted by Crippen LogP contribution is -2.47. The number of rotatable bonds is 7. The lowest BCUT2D eigenvalue weighted by Gasteiger charge is -2.22. The van der Waals surface area contributed by atoms with Gasteiger partial charge in [0.25, 0.3) is 5.91 Å². The van der Waals surface area contributed by atoms with Crippen LogP contribution in [0, 0.1) is 12.8 Å². The second-order valence-electron chi connectivity index (χ2n) is 6.51. The molecule has 0 saturated carbocycles. The van der Waals surface area contributed by atoms with E-state index < -0.39 is 6.04 Å². The van der Waals surface area contributed by atoms with Crippen molar-refractivity contribution in [2.45, 2.75) is 33.7 Å². The molecule has 0 aliphatic carbocycles. The van der Waals surface area contributed by atoms with Gasteiger partial charge >= 0.3 is 0 Å². The van der Waals surface area contributed by atoms with E-state index in [1.807, 2.05) is 39.8 Å². The van der Waals surface area contributed by atoms with E-state index in [0.717, 1.165) is 11.3 Å². The van der Waals surface area contributed by atoms with Crippen molar-refractivity contribution >= 4 is 17.5 Å². The number of carbonyl (C=O) groups is 2. The Hall–Kier alpha value is -2.82. The van der Waals surface area contributed by atoms with Crippen LogP contribution in [0.4, 0.5) is 5.69 Å². The first-order valence-corrected chi connectivity index (χ1v) is 8.82. The van der Waals surface area contributed by atoms with Crippen LogP contribution in [0.5, 0.6) is 5.75 Å². The molecular formula is C21H26N2O3. The highest BCUT2D eigenvalue weighted by Crippen LogP contribution is 2.16. The Balaban J connectivity index is 2.04. The van der Waals surface area contributed by atoms with Crippen LogP contribution in [0.2, 0.25) is 0 Å². The topological polar surface area (TPSA) is 67.4 Å². The van der Waals surface area contributed by atoms with Gasteiger partial charge in [-0.05, 0) is 56.2 Å². The minimum Gasteiger partial charge on any atom is -0.494 e. The van der Waals surface area contributed by atoms with E-state index in [1.54, 1.807) is 36.4 Å². The monoisotopic (exact) mass is 354 g/mol. The fraction of sp³-hybridized carbons (Fsp3) is 0.333. The molecule has 1 atom stereocenters. The summed E-state index contributed by atoms with van der Waals surface area (Å²) in [6.07, 6.45) is 0. The third-order valence-electron chi connectivity index (χ3n) is 3.98. The zero-order valence-electron chi connectivity index (χ0n) is 15.7. The first-order chi connectivity index (χ1) is 12.4. The van der Waals surface area contributed by atoms with Crippen LogP contribution in [0.1, 0.15) is 36.7 Å². The van der Waals surface area contributed by atoms with Crippen molar-refractivity contribution in [2.75, 3.05) is 11.9 Å². The third-order valence-corrected chi connectivity index (χ3v) is 3.98. The van der Waals surface area contributed by atoms with Crippen LogP contribution in [-0.2, 0) is 4.79 Å². The Morgan fingerprint density at radius 1 is 1.00 bits per heavy atom. The molecule has 0 spiro atoms. The lowest BCUT2D eigenvalue weighted by atomic mass is 10.0. The van der Waals surface area contributed by atoms with Crippen molar-refractivity contribution < 1.29 is 14.3 Å². The van der Waals surface area contributed by atoms with Gasteiger partial charge in [-0.3, -0.25) is 9.59 Å². The van der Waals surface area contributed by atoms with Crippen molar-refractivity contribution in [1.29, 1.82) is 0 Å². The molecule has 0 heterocycles. The molecule has 0 aromatic heterocycles.